The molecule has 4 nitrogen and oxygen atoms in total. The van der Waals surface area contributed by atoms with Gasteiger partial charge in [0.2, 0.25) is 0 Å². The zero-order valence-corrected chi connectivity index (χ0v) is 10.5. The fourth-order valence-electron chi connectivity index (χ4n) is 2.11. The molecule has 0 unspecified atom stereocenters. The molecular formula is C15H12FN3O. The Morgan fingerprint density at radius 3 is 2.55 bits per heavy atom. The highest BCUT2D eigenvalue weighted by Gasteiger charge is 2.22. The second kappa shape index (κ2) is 4.86. The van der Waals surface area contributed by atoms with E-state index < -0.39 is 6.17 Å². The molecule has 3 rings (SSSR count). The maximum absolute atomic E-state index is 13.0. The number of nitrogens with two attached hydrogens (primary N) is 1. The maximum atomic E-state index is 13.0. The number of hydrogen-bond acceptors (Lipinski definition) is 3. The van der Waals surface area contributed by atoms with Gasteiger partial charge in [-0.15, -0.1) is 0 Å². The lowest BCUT2D eigenvalue weighted by molar-refractivity contribution is -0.117. The number of halogens is 1. The van der Waals surface area contributed by atoms with Crippen molar-refractivity contribution in [1.29, 1.82) is 0 Å². The summed E-state index contributed by atoms with van der Waals surface area (Å²) in [6, 6.07) is 13.2. The Morgan fingerprint density at radius 1 is 1.10 bits per heavy atom. The summed E-state index contributed by atoms with van der Waals surface area (Å²) >= 11 is 0. The number of aliphatic imine (C=N–C) groups is 1. The number of nitrogens with zero attached hydrogens (tertiary/aromatic N) is 1. The molecule has 0 fully saturated rings. The normalized spacial score (nSPS) is 17.8. The van der Waals surface area contributed by atoms with Crippen molar-refractivity contribution in [1.82, 2.24) is 0 Å². The van der Waals surface area contributed by atoms with Crippen LogP contribution < -0.4 is 11.1 Å². The molecule has 0 spiro atoms. The Bertz CT molecular complexity index is 695. The number of para-hydroxylation sites is 1. The number of anilines is 1. The minimum atomic E-state index is -0.984. The molecule has 20 heavy (non-hydrogen) atoms. The summed E-state index contributed by atoms with van der Waals surface area (Å²) in [5, 5.41) is 2.73. The van der Waals surface area contributed by atoms with Crippen LogP contribution >= 0.6 is 0 Å². The van der Waals surface area contributed by atoms with Gasteiger partial charge in [-0.2, -0.15) is 0 Å². The van der Waals surface area contributed by atoms with E-state index in [1.165, 1.54) is 12.1 Å². The topological polar surface area (TPSA) is 67.5 Å². The standard InChI is InChI=1S/C15H12FN3O/c16-10-7-5-9(6-8-10)13-11-3-1-2-4-12(11)18-15(20)14(17)19-13/h1-8,14H,17H2,(H,18,20)/t14-/m1/s1. The molecule has 0 saturated carbocycles. The van der Waals surface area contributed by atoms with E-state index >= 15 is 0 Å². The fourth-order valence-corrected chi connectivity index (χ4v) is 2.11. The lowest BCUT2D eigenvalue weighted by Crippen LogP contribution is -2.33. The van der Waals surface area contributed by atoms with Gasteiger partial charge in [-0.25, -0.2) is 4.39 Å². The number of fused-ring (bicyclic) bond motifs is 1. The van der Waals surface area contributed by atoms with E-state index in [-0.39, 0.29) is 11.7 Å². The van der Waals surface area contributed by atoms with Crippen LogP contribution in [-0.4, -0.2) is 17.8 Å². The SMILES string of the molecule is N[C@@H]1N=C(c2ccc(F)cc2)c2ccccc2NC1=O. The highest BCUT2D eigenvalue weighted by Crippen LogP contribution is 2.23. The van der Waals surface area contributed by atoms with Gasteiger partial charge in [-0.3, -0.25) is 9.79 Å². The number of benzodiazepines with no additional fused rings is 1. The van der Waals surface area contributed by atoms with Crippen molar-refractivity contribution in [2.45, 2.75) is 6.17 Å². The molecule has 0 bridgehead atoms. The van der Waals surface area contributed by atoms with Crippen LogP contribution in [0.4, 0.5) is 10.1 Å². The molecule has 2 aromatic carbocycles. The van der Waals surface area contributed by atoms with Gasteiger partial charge in [0.1, 0.15) is 5.82 Å². The smallest absolute Gasteiger partial charge is 0.263 e. The summed E-state index contributed by atoms with van der Waals surface area (Å²) in [4.78, 5) is 16.1. The number of carbonyl (C=O) groups is 1. The van der Waals surface area contributed by atoms with E-state index in [4.69, 9.17) is 5.73 Å². The molecule has 100 valence electrons. The molecule has 1 atom stereocenters. The Hall–Kier alpha value is -2.53. The average Bonchev–Trinajstić information content (AvgIpc) is 2.58. The van der Waals surface area contributed by atoms with Gasteiger partial charge in [0.05, 0.1) is 11.4 Å². The summed E-state index contributed by atoms with van der Waals surface area (Å²) in [5.74, 6) is -0.690. The molecule has 0 aliphatic carbocycles. The number of amides is 1. The van der Waals surface area contributed by atoms with Gasteiger partial charge >= 0.3 is 0 Å². The van der Waals surface area contributed by atoms with E-state index in [0.29, 0.717) is 17.0 Å². The predicted octanol–water partition coefficient (Wildman–Crippen LogP) is 1.90. The molecule has 3 N–H and O–H groups in total. The van der Waals surface area contributed by atoms with E-state index in [2.05, 4.69) is 10.3 Å². The van der Waals surface area contributed by atoms with Crippen molar-refractivity contribution >= 4 is 17.3 Å². The van der Waals surface area contributed by atoms with Crippen molar-refractivity contribution in [3.05, 3.63) is 65.5 Å². The Balaban J connectivity index is 2.18. The van der Waals surface area contributed by atoms with E-state index in [1.54, 1.807) is 18.2 Å². The highest BCUT2D eigenvalue weighted by atomic mass is 19.1. The van der Waals surface area contributed by atoms with E-state index in [9.17, 15) is 9.18 Å². The van der Waals surface area contributed by atoms with Crippen LogP contribution in [0.5, 0.6) is 0 Å². The third-order valence-electron chi connectivity index (χ3n) is 3.09. The summed E-state index contributed by atoms with van der Waals surface area (Å²) in [5.41, 5.74) is 8.44. The van der Waals surface area contributed by atoms with Crippen LogP contribution in [0.1, 0.15) is 11.1 Å². The first-order valence-corrected chi connectivity index (χ1v) is 6.15. The van der Waals surface area contributed by atoms with Crippen molar-refractivity contribution < 1.29 is 9.18 Å². The number of rotatable bonds is 1. The third-order valence-corrected chi connectivity index (χ3v) is 3.09. The van der Waals surface area contributed by atoms with Gasteiger partial charge in [0.15, 0.2) is 6.17 Å². The van der Waals surface area contributed by atoms with Crippen LogP contribution in [0.3, 0.4) is 0 Å². The molecule has 0 saturated heterocycles. The number of hydrogen-bond donors (Lipinski definition) is 2. The Morgan fingerprint density at radius 2 is 1.80 bits per heavy atom. The summed E-state index contributed by atoms with van der Waals surface area (Å²) in [7, 11) is 0. The van der Waals surface area contributed by atoms with Gasteiger partial charge in [-0.05, 0) is 30.3 Å². The summed E-state index contributed by atoms with van der Waals surface area (Å²) in [6.45, 7) is 0. The zero-order chi connectivity index (χ0) is 14.1. The van der Waals surface area contributed by atoms with Gasteiger partial charge < -0.3 is 11.1 Å². The second-order valence-corrected chi connectivity index (χ2v) is 4.46. The number of carbonyl (C=O) groups excluding carboxylic acids is 1. The fraction of sp³-hybridized carbons (Fsp3) is 0.0667. The lowest BCUT2D eigenvalue weighted by Gasteiger charge is -2.09. The zero-order valence-electron chi connectivity index (χ0n) is 10.5. The maximum Gasteiger partial charge on any atom is 0.263 e. The molecule has 2 aromatic rings. The molecular weight excluding hydrogens is 257 g/mol. The summed E-state index contributed by atoms with van der Waals surface area (Å²) < 4.78 is 13.0. The highest BCUT2D eigenvalue weighted by molar-refractivity contribution is 6.19. The Kier molecular flexibility index (Phi) is 3.04. The van der Waals surface area contributed by atoms with Crippen molar-refractivity contribution in [2.75, 3.05) is 5.32 Å². The molecule has 0 radical (unpaired) electrons. The minimum absolute atomic E-state index is 0.324. The molecule has 0 aromatic heterocycles. The van der Waals surface area contributed by atoms with Crippen molar-refractivity contribution in [3.8, 4) is 0 Å². The van der Waals surface area contributed by atoms with Crippen LogP contribution in [-0.2, 0) is 4.79 Å². The molecule has 5 heteroatoms. The number of benzene rings is 2. The largest absolute Gasteiger partial charge is 0.322 e. The lowest BCUT2D eigenvalue weighted by atomic mass is 10.0. The minimum Gasteiger partial charge on any atom is -0.322 e. The monoisotopic (exact) mass is 269 g/mol. The van der Waals surface area contributed by atoms with Gasteiger partial charge in [-0.1, -0.05) is 18.2 Å². The third kappa shape index (κ3) is 2.19. The summed E-state index contributed by atoms with van der Waals surface area (Å²) in [6.07, 6.45) is -0.984. The van der Waals surface area contributed by atoms with Gasteiger partial charge in [0, 0.05) is 11.1 Å². The van der Waals surface area contributed by atoms with Crippen LogP contribution in [0, 0.1) is 5.82 Å². The van der Waals surface area contributed by atoms with Crippen molar-refractivity contribution in [2.24, 2.45) is 10.7 Å². The molecule has 1 heterocycles. The predicted molar refractivity (Wildman–Crippen MR) is 75.1 cm³/mol. The Labute approximate surface area is 115 Å². The van der Waals surface area contributed by atoms with Gasteiger partial charge in [0.25, 0.3) is 5.91 Å². The van der Waals surface area contributed by atoms with Crippen LogP contribution in [0.15, 0.2) is 53.5 Å². The number of nitrogens with one attached hydrogen (secondary N) is 1. The molecule has 1 aliphatic heterocycles. The second-order valence-electron chi connectivity index (χ2n) is 4.46. The van der Waals surface area contributed by atoms with Crippen molar-refractivity contribution in [3.63, 3.8) is 0 Å². The quantitative estimate of drug-likeness (QED) is 0.830. The first-order valence-electron chi connectivity index (χ1n) is 6.15. The average molecular weight is 269 g/mol. The van der Waals surface area contributed by atoms with Crippen LogP contribution in [0.25, 0.3) is 0 Å². The molecule has 1 aliphatic rings. The molecule has 1 amide bonds. The van der Waals surface area contributed by atoms with E-state index in [0.717, 1.165) is 5.56 Å². The van der Waals surface area contributed by atoms with Crippen LogP contribution in [0.2, 0.25) is 0 Å². The first-order chi connectivity index (χ1) is 9.65. The first kappa shape index (κ1) is 12.5. The van der Waals surface area contributed by atoms with E-state index in [1.807, 2.05) is 18.2 Å².